The highest BCUT2D eigenvalue weighted by atomic mass is 16.5. The first-order valence-electron chi connectivity index (χ1n) is 6.26. The van der Waals surface area contributed by atoms with Crippen LogP contribution in [0.5, 0.6) is 5.75 Å². The molecule has 0 amide bonds. The van der Waals surface area contributed by atoms with Crippen LogP contribution in [0.25, 0.3) is 11.1 Å². The summed E-state index contributed by atoms with van der Waals surface area (Å²) >= 11 is 0. The SMILES string of the molecule is COc1ccc(-c2ccccc2)c(C(C)(C)C)c1. The molecule has 0 radical (unpaired) electrons. The molecule has 0 saturated heterocycles. The summed E-state index contributed by atoms with van der Waals surface area (Å²) in [6.07, 6.45) is 0. The van der Waals surface area contributed by atoms with Crippen molar-refractivity contribution in [2.75, 3.05) is 7.11 Å². The lowest BCUT2D eigenvalue weighted by Gasteiger charge is -2.24. The summed E-state index contributed by atoms with van der Waals surface area (Å²) in [6, 6.07) is 16.8. The Labute approximate surface area is 109 Å². The molecule has 18 heavy (non-hydrogen) atoms. The third kappa shape index (κ3) is 2.56. The van der Waals surface area contributed by atoms with Gasteiger partial charge in [-0.2, -0.15) is 0 Å². The molecule has 0 heterocycles. The van der Waals surface area contributed by atoms with Crippen molar-refractivity contribution in [3.63, 3.8) is 0 Å². The van der Waals surface area contributed by atoms with E-state index in [1.54, 1.807) is 7.11 Å². The second kappa shape index (κ2) is 4.85. The molecule has 0 aliphatic heterocycles. The highest BCUT2D eigenvalue weighted by Crippen LogP contribution is 2.35. The summed E-state index contributed by atoms with van der Waals surface area (Å²) in [6.45, 7) is 6.69. The Balaban J connectivity index is 2.61. The van der Waals surface area contributed by atoms with Crippen molar-refractivity contribution in [2.24, 2.45) is 0 Å². The van der Waals surface area contributed by atoms with E-state index in [0.29, 0.717) is 0 Å². The topological polar surface area (TPSA) is 9.23 Å². The fraction of sp³-hybridized carbons (Fsp3) is 0.294. The Hall–Kier alpha value is -1.76. The molecule has 2 rings (SSSR count). The van der Waals surface area contributed by atoms with E-state index < -0.39 is 0 Å². The van der Waals surface area contributed by atoms with Crippen LogP contribution in [0, 0.1) is 0 Å². The molecule has 0 spiro atoms. The summed E-state index contributed by atoms with van der Waals surface area (Å²) < 4.78 is 5.34. The van der Waals surface area contributed by atoms with Crippen LogP contribution in [-0.2, 0) is 5.41 Å². The van der Waals surface area contributed by atoms with Crippen molar-refractivity contribution in [1.82, 2.24) is 0 Å². The molecular weight excluding hydrogens is 220 g/mol. The maximum atomic E-state index is 5.34. The molecule has 0 saturated carbocycles. The Bertz CT molecular complexity index is 521. The van der Waals surface area contributed by atoms with E-state index in [4.69, 9.17) is 4.74 Å². The molecule has 0 aliphatic rings. The second-order valence-electron chi connectivity index (χ2n) is 5.53. The number of ether oxygens (including phenoxy) is 1. The fourth-order valence-electron chi connectivity index (χ4n) is 2.14. The van der Waals surface area contributed by atoms with Crippen LogP contribution in [-0.4, -0.2) is 7.11 Å². The molecule has 2 aromatic carbocycles. The maximum Gasteiger partial charge on any atom is 0.119 e. The zero-order valence-corrected chi connectivity index (χ0v) is 11.5. The first-order chi connectivity index (χ1) is 8.52. The zero-order chi connectivity index (χ0) is 13.2. The van der Waals surface area contributed by atoms with Crippen molar-refractivity contribution in [3.05, 3.63) is 54.1 Å². The van der Waals surface area contributed by atoms with Crippen molar-refractivity contribution in [3.8, 4) is 16.9 Å². The van der Waals surface area contributed by atoms with Gasteiger partial charge < -0.3 is 4.74 Å². The van der Waals surface area contributed by atoms with E-state index in [-0.39, 0.29) is 5.41 Å². The van der Waals surface area contributed by atoms with Gasteiger partial charge in [-0.3, -0.25) is 0 Å². The molecule has 94 valence electrons. The molecule has 0 atom stereocenters. The minimum Gasteiger partial charge on any atom is -0.497 e. The minimum atomic E-state index is 0.0969. The number of hydrogen-bond donors (Lipinski definition) is 0. The number of benzene rings is 2. The van der Waals surface area contributed by atoms with Crippen molar-refractivity contribution < 1.29 is 4.74 Å². The molecule has 0 unspecified atom stereocenters. The maximum absolute atomic E-state index is 5.34. The number of methoxy groups -OCH3 is 1. The van der Waals surface area contributed by atoms with Gasteiger partial charge in [0.25, 0.3) is 0 Å². The molecule has 1 nitrogen and oxygen atoms in total. The molecule has 2 aromatic rings. The van der Waals surface area contributed by atoms with Gasteiger partial charge in [-0.15, -0.1) is 0 Å². The summed E-state index contributed by atoms with van der Waals surface area (Å²) in [4.78, 5) is 0. The van der Waals surface area contributed by atoms with Gasteiger partial charge in [0.15, 0.2) is 0 Å². The van der Waals surface area contributed by atoms with Crippen LogP contribution in [0.4, 0.5) is 0 Å². The van der Waals surface area contributed by atoms with Crippen LogP contribution >= 0.6 is 0 Å². The van der Waals surface area contributed by atoms with Crippen LogP contribution in [0.15, 0.2) is 48.5 Å². The van der Waals surface area contributed by atoms with E-state index >= 15 is 0 Å². The Morgan fingerprint density at radius 2 is 1.56 bits per heavy atom. The third-order valence-electron chi connectivity index (χ3n) is 3.12. The van der Waals surface area contributed by atoms with Gasteiger partial charge in [0, 0.05) is 0 Å². The summed E-state index contributed by atoms with van der Waals surface area (Å²) in [5, 5.41) is 0. The van der Waals surface area contributed by atoms with Gasteiger partial charge in [0.05, 0.1) is 7.11 Å². The van der Waals surface area contributed by atoms with Crippen LogP contribution in [0.1, 0.15) is 26.3 Å². The Kier molecular flexibility index (Phi) is 3.42. The van der Waals surface area contributed by atoms with Crippen molar-refractivity contribution >= 4 is 0 Å². The standard InChI is InChI=1S/C17H20O/c1-17(2,3)16-12-14(18-4)10-11-15(16)13-8-6-5-7-9-13/h5-12H,1-4H3. The van der Waals surface area contributed by atoms with E-state index in [1.165, 1.54) is 16.7 Å². The molecule has 0 bridgehead atoms. The third-order valence-corrected chi connectivity index (χ3v) is 3.12. The highest BCUT2D eigenvalue weighted by molar-refractivity contribution is 5.69. The predicted octanol–water partition coefficient (Wildman–Crippen LogP) is 4.66. The van der Waals surface area contributed by atoms with Gasteiger partial charge in [-0.05, 0) is 34.2 Å². The molecule has 0 aliphatic carbocycles. The summed E-state index contributed by atoms with van der Waals surface area (Å²) in [5.74, 6) is 0.916. The van der Waals surface area contributed by atoms with Crippen molar-refractivity contribution in [2.45, 2.75) is 26.2 Å². The monoisotopic (exact) mass is 240 g/mol. The lowest BCUT2D eigenvalue weighted by molar-refractivity contribution is 0.413. The highest BCUT2D eigenvalue weighted by Gasteiger charge is 2.19. The van der Waals surface area contributed by atoms with Gasteiger partial charge in [-0.1, -0.05) is 57.2 Å². The van der Waals surface area contributed by atoms with E-state index in [1.807, 2.05) is 12.1 Å². The summed E-state index contributed by atoms with van der Waals surface area (Å²) in [7, 11) is 1.71. The normalized spacial score (nSPS) is 11.3. The fourth-order valence-corrected chi connectivity index (χ4v) is 2.14. The second-order valence-corrected chi connectivity index (χ2v) is 5.53. The lowest BCUT2D eigenvalue weighted by Crippen LogP contribution is -2.13. The summed E-state index contributed by atoms with van der Waals surface area (Å²) in [5.41, 5.74) is 3.95. The van der Waals surface area contributed by atoms with E-state index in [2.05, 4.69) is 57.2 Å². The molecule has 0 fully saturated rings. The first-order valence-corrected chi connectivity index (χ1v) is 6.26. The quantitative estimate of drug-likeness (QED) is 0.741. The van der Waals surface area contributed by atoms with Crippen LogP contribution in [0.3, 0.4) is 0 Å². The average molecular weight is 240 g/mol. The van der Waals surface area contributed by atoms with Gasteiger partial charge in [0.1, 0.15) is 5.75 Å². The first kappa shape index (κ1) is 12.7. The Morgan fingerprint density at radius 3 is 2.11 bits per heavy atom. The number of rotatable bonds is 2. The van der Waals surface area contributed by atoms with E-state index in [9.17, 15) is 0 Å². The van der Waals surface area contributed by atoms with Crippen LogP contribution in [0.2, 0.25) is 0 Å². The lowest BCUT2D eigenvalue weighted by atomic mass is 9.81. The predicted molar refractivity (Wildman–Crippen MR) is 77.1 cm³/mol. The number of hydrogen-bond acceptors (Lipinski definition) is 1. The Morgan fingerprint density at radius 1 is 0.889 bits per heavy atom. The van der Waals surface area contributed by atoms with Crippen molar-refractivity contribution in [1.29, 1.82) is 0 Å². The van der Waals surface area contributed by atoms with Gasteiger partial charge >= 0.3 is 0 Å². The zero-order valence-electron chi connectivity index (χ0n) is 11.5. The molecule has 0 N–H and O–H groups in total. The molecule has 0 aromatic heterocycles. The largest absolute Gasteiger partial charge is 0.497 e. The minimum absolute atomic E-state index is 0.0969. The average Bonchev–Trinajstić information content (AvgIpc) is 2.38. The molecule has 1 heteroatoms. The van der Waals surface area contributed by atoms with Gasteiger partial charge in [-0.25, -0.2) is 0 Å². The van der Waals surface area contributed by atoms with Gasteiger partial charge in [0.2, 0.25) is 0 Å². The molecular formula is C17H20O. The van der Waals surface area contributed by atoms with Crippen LogP contribution < -0.4 is 4.74 Å². The van der Waals surface area contributed by atoms with E-state index in [0.717, 1.165) is 5.75 Å². The smallest absolute Gasteiger partial charge is 0.119 e.